The summed E-state index contributed by atoms with van der Waals surface area (Å²) >= 11 is 0. The molecule has 2 aliphatic rings. The van der Waals surface area contributed by atoms with Crippen molar-refractivity contribution in [3.05, 3.63) is 30.1 Å². The lowest BCUT2D eigenvalue weighted by Gasteiger charge is -2.36. The Kier molecular flexibility index (Phi) is 11.0. The number of ether oxygens (including phenoxy) is 2. The predicted octanol–water partition coefficient (Wildman–Crippen LogP) is 2.48. The summed E-state index contributed by atoms with van der Waals surface area (Å²) in [5.41, 5.74) is 0.720. The summed E-state index contributed by atoms with van der Waals surface area (Å²) in [4.78, 5) is 9.24. The largest absolute Gasteiger partial charge is 0.379 e. The van der Waals surface area contributed by atoms with Gasteiger partial charge in [0.15, 0.2) is 5.96 Å². The maximum atomic E-state index is 14.0. The maximum absolute atomic E-state index is 14.0. The van der Waals surface area contributed by atoms with Gasteiger partial charge in [-0.1, -0.05) is 12.1 Å². The number of guanidine groups is 1. The van der Waals surface area contributed by atoms with Crippen LogP contribution in [0.15, 0.2) is 29.3 Å². The van der Waals surface area contributed by atoms with Crippen LogP contribution < -0.4 is 15.5 Å². The standard InChI is InChI=1S/C24H40FN5O2/c1-2-26-24(28-12-7-18-31-20-21-8-5-19-32-21)27-11-6-13-29-14-16-30(17-15-29)23-10-4-3-9-22(23)25/h3-4,9-10,21H,2,5-8,11-20H2,1H3,(H2,26,27,28). The summed E-state index contributed by atoms with van der Waals surface area (Å²) < 4.78 is 25.2. The van der Waals surface area contributed by atoms with Crippen molar-refractivity contribution in [1.82, 2.24) is 15.5 Å². The van der Waals surface area contributed by atoms with Crippen molar-refractivity contribution in [2.45, 2.75) is 38.7 Å². The number of rotatable bonds is 12. The van der Waals surface area contributed by atoms with Crippen molar-refractivity contribution >= 4 is 11.6 Å². The molecule has 7 nitrogen and oxygen atoms in total. The first-order valence-corrected chi connectivity index (χ1v) is 12.2. The molecule has 0 saturated carbocycles. The van der Waals surface area contributed by atoms with Crippen LogP contribution in [0.5, 0.6) is 0 Å². The molecule has 0 spiro atoms. The lowest BCUT2D eigenvalue weighted by atomic mass is 10.2. The second-order valence-electron chi connectivity index (χ2n) is 8.38. The molecule has 3 rings (SSSR count). The molecule has 0 bridgehead atoms. The van der Waals surface area contributed by atoms with Crippen molar-refractivity contribution < 1.29 is 13.9 Å². The minimum Gasteiger partial charge on any atom is -0.379 e. The fourth-order valence-corrected chi connectivity index (χ4v) is 4.12. The number of nitrogens with zero attached hydrogens (tertiary/aromatic N) is 3. The summed E-state index contributed by atoms with van der Waals surface area (Å²) in [5.74, 6) is 0.741. The Balaban J connectivity index is 1.25. The third kappa shape index (κ3) is 8.56. The van der Waals surface area contributed by atoms with E-state index in [1.165, 1.54) is 6.07 Å². The van der Waals surface area contributed by atoms with Crippen LogP contribution in [0.1, 0.15) is 32.6 Å². The topological polar surface area (TPSA) is 61.4 Å². The summed E-state index contributed by atoms with van der Waals surface area (Å²) in [5, 5.41) is 6.74. The van der Waals surface area contributed by atoms with Gasteiger partial charge in [0.25, 0.3) is 0 Å². The summed E-state index contributed by atoms with van der Waals surface area (Å²) in [6.07, 6.45) is 4.53. The molecule has 1 aromatic rings. The molecule has 2 N–H and O–H groups in total. The smallest absolute Gasteiger partial charge is 0.191 e. The first kappa shape index (κ1) is 24.7. The molecule has 1 atom stereocenters. The Morgan fingerprint density at radius 3 is 2.78 bits per heavy atom. The number of halogens is 1. The number of piperazine rings is 1. The first-order valence-electron chi connectivity index (χ1n) is 12.2. The zero-order valence-corrected chi connectivity index (χ0v) is 19.5. The molecule has 2 fully saturated rings. The van der Waals surface area contributed by atoms with Crippen LogP contribution in [0.3, 0.4) is 0 Å². The van der Waals surface area contributed by atoms with E-state index in [9.17, 15) is 4.39 Å². The Morgan fingerprint density at radius 2 is 2.03 bits per heavy atom. The molecule has 1 aromatic carbocycles. The van der Waals surface area contributed by atoms with E-state index >= 15 is 0 Å². The molecule has 0 aromatic heterocycles. The van der Waals surface area contributed by atoms with E-state index in [0.717, 1.165) is 103 Å². The lowest BCUT2D eigenvalue weighted by Crippen LogP contribution is -2.47. The predicted molar refractivity (Wildman–Crippen MR) is 128 cm³/mol. The molecule has 2 saturated heterocycles. The van der Waals surface area contributed by atoms with Gasteiger partial charge in [-0.15, -0.1) is 0 Å². The quantitative estimate of drug-likeness (QED) is 0.290. The maximum Gasteiger partial charge on any atom is 0.191 e. The van der Waals surface area contributed by atoms with Crippen molar-refractivity contribution in [3.8, 4) is 0 Å². The summed E-state index contributed by atoms with van der Waals surface area (Å²) in [7, 11) is 0. The normalized spacial score (nSPS) is 20.0. The van der Waals surface area contributed by atoms with Crippen LogP contribution in [0, 0.1) is 5.82 Å². The highest BCUT2D eigenvalue weighted by Crippen LogP contribution is 2.20. The minimum absolute atomic E-state index is 0.130. The second kappa shape index (κ2) is 14.3. The SMILES string of the molecule is CCNC(=NCCCOCC1CCCO1)NCCCN1CCN(c2ccccc2F)CC1. The van der Waals surface area contributed by atoms with Gasteiger partial charge in [0, 0.05) is 59.0 Å². The van der Waals surface area contributed by atoms with E-state index in [1.54, 1.807) is 6.07 Å². The van der Waals surface area contributed by atoms with E-state index in [1.807, 2.05) is 12.1 Å². The minimum atomic E-state index is -0.130. The number of nitrogens with one attached hydrogen (secondary N) is 2. The molecular formula is C24H40FN5O2. The summed E-state index contributed by atoms with van der Waals surface area (Å²) in [6, 6.07) is 7.05. The highest BCUT2D eigenvalue weighted by atomic mass is 19.1. The lowest BCUT2D eigenvalue weighted by molar-refractivity contribution is 0.0171. The van der Waals surface area contributed by atoms with Crippen molar-refractivity contribution in [1.29, 1.82) is 0 Å². The van der Waals surface area contributed by atoms with Gasteiger partial charge < -0.3 is 25.0 Å². The molecule has 8 heteroatoms. The summed E-state index contributed by atoms with van der Waals surface area (Å²) in [6.45, 7) is 11.6. The molecule has 0 amide bonds. The number of benzene rings is 1. The Bertz CT molecular complexity index is 676. The van der Waals surface area contributed by atoms with Gasteiger partial charge in [-0.3, -0.25) is 9.89 Å². The number of aliphatic imine (C=N–C) groups is 1. The monoisotopic (exact) mass is 449 g/mol. The molecule has 32 heavy (non-hydrogen) atoms. The molecule has 2 aliphatic heterocycles. The van der Waals surface area contributed by atoms with E-state index in [2.05, 4.69) is 32.3 Å². The third-order valence-electron chi connectivity index (χ3n) is 5.90. The van der Waals surface area contributed by atoms with E-state index in [-0.39, 0.29) is 5.82 Å². The van der Waals surface area contributed by atoms with Gasteiger partial charge in [0.05, 0.1) is 18.4 Å². The molecule has 180 valence electrons. The third-order valence-corrected chi connectivity index (χ3v) is 5.90. The van der Waals surface area contributed by atoms with Gasteiger partial charge in [0.2, 0.25) is 0 Å². The van der Waals surface area contributed by atoms with Gasteiger partial charge >= 0.3 is 0 Å². The van der Waals surface area contributed by atoms with E-state index < -0.39 is 0 Å². The van der Waals surface area contributed by atoms with Gasteiger partial charge in [-0.25, -0.2) is 4.39 Å². The zero-order valence-electron chi connectivity index (χ0n) is 19.5. The highest BCUT2D eigenvalue weighted by molar-refractivity contribution is 5.79. The molecular weight excluding hydrogens is 409 g/mol. The van der Waals surface area contributed by atoms with Crippen LogP contribution in [0.25, 0.3) is 0 Å². The van der Waals surface area contributed by atoms with Crippen LogP contribution >= 0.6 is 0 Å². The highest BCUT2D eigenvalue weighted by Gasteiger charge is 2.19. The number of para-hydroxylation sites is 1. The van der Waals surface area contributed by atoms with Crippen molar-refractivity contribution in [2.75, 3.05) is 77.1 Å². The molecule has 1 unspecified atom stereocenters. The van der Waals surface area contributed by atoms with Crippen LogP contribution in [0.4, 0.5) is 10.1 Å². The van der Waals surface area contributed by atoms with Gasteiger partial charge in [0.1, 0.15) is 5.82 Å². The van der Waals surface area contributed by atoms with Gasteiger partial charge in [-0.2, -0.15) is 0 Å². The Morgan fingerprint density at radius 1 is 1.19 bits per heavy atom. The van der Waals surface area contributed by atoms with Crippen LogP contribution in [0.2, 0.25) is 0 Å². The number of hydrogen-bond acceptors (Lipinski definition) is 5. The second-order valence-corrected chi connectivity index (χ2v) is 8.38. The van der Waals surface area contributed by atoms with E-state index in [4.69, 9.17) is 9.47 Å². The Hall–Kier alpha value is -1.90. The van der Waals surface area contributed by atoms with Crippen LogP contribution in [-0.2, 0) is 9.47 Å². The van der Waals surface area contributed by atoms with Gasteiger partial charge in [-0.05, 0) is 51.3 Å². The zero-order chi connectivity index (χ0) is 22.4. The molecule has 0 aliphatic carbocycles. The van der Waals surface area contributed by atoms with Crippen molar-refractivity contribution in [3.63, 3.8) is 0 Å². The van der Waals surface area contributed by atoms with Crippen molar-refractivity contribution in [2.24, 2.45) is 4.99 Å². The average Bonchev–Trinajstić information content (AvgIpc) is 3.33. The fraction of sp³-hybridized carbons (Fsp3) is 0.708. The first-order chi connectivity index (χ1) is 15.8. The van der Waals surface area contributed by atoms with Crippen LogP contribution in [-0.4, -0.2) is 89.1 Å². The average molecular weight is 450 g/mol. The number of hydrogen-bond donors (Lipinski definition) is 2. The molecule has 0 radical (unpaired) electrons. The Labute approximate surface area is 192 Å². The molecule has 2 heterocycles. The fourth-order valence-electron chi connectivity index (χ4n) is 4.12. The number of anilines is 1. The van der Waals surface area contributed by atoms with E-state index in [0.29, 0.717) is 12.7 Å².